The fourth-order valence-corrected chi connectivity index (χ4v) is 1.12. The molecular weight excluding hydrogens is 131 g/mol. The van der Waals surface area contributed by atoms with Gasteiger partial charge in [-0.25, -0.2) is 0 Å². The summed E-state index contributed by atoms with van der Waals surface area (Å²) in [6.07, 6.45) is 3.45. The summed E-state index contributed by atoms with van der Waals surface area (Å²) in [7, 11) is 0. The Morgan fingerprint density at radius 2 is 1.82 bits per heavy atom. The van der Waals surface area contributed by atoms with E-state index in [9.17, 15) is 4.79 Å². The van der Waals surface area contributed by atoms with E-state index in [1.54, 1.807) is 6.08 Å². The summed E-state index contributed by atoms with van der Waals surface area (Å²) in [6.45, 7) is 0. The van der Waals surface area contributed by atoms with Gasteiger partial charge in [-0.05, 0) is 11.6 Å². The Kier molecular flexibility index (Phi) is 2.34. The molecule has 0 bridgehead atoms. The van der Waals surface area contributed by atoms with Gasteiger partial charge in [-0.15, -0.1) is 0 Å². The normalized spacial score (nSPS) is 12.5. The molecule has 0 unspecified atom stereocenters. The third-order valence-electron chi connectivity index (χ3n) is 1.64. The number of carbonyl (C=O) groups is 1. The van der Waals surface area contributed by atoms with Crippen molar-refractivity contribution in [3.8, 4) is 0 Å². The van der Waals surface area contributed by atoms with Crippen LogP contribution in [0.2, 0.25) is 0 Å². The van der Waals surface area contributed by atoms with E-state index < -0.39 is 0 Å². The van der Waals surface area contributed by atoms with E-state index in [1.807, 2.05) is 30.3 Å². The van der Waals surface area contributed by atoms with Gasteiger partial charge in [0.15, 0.2) is 5.78 Å². The molecule has 0 aliphatic heterocycles. The molecule has 11 heavy (non-hydrogen) atoms. The van der Waals surface area contributed by atoms with Crippen LogP contribution in [-0.4, -0.2) is 5.78 Å². The molecule has 1 aliphatic rings. The van der Waals surface area contributed by atoms with Gasteiger partial charge in [-0.2, -0.15) is 0 Å². The first-order valence-corrected chi connectivity index (χ1v) is 3.19. The monoisotopic (exact) mass is 138 g/mol. The minimum atomic E-state index is 0. The largest absolute Gasteiger partial charge is 1.00 e. The Morgan fingerprint density at radius 3 is 2.55 bits per heavy atom. The van der Waals surface area contributed by atoms with Crippen LogP contribution in [0.4, 0.5) is 0 Å². The van der Waals surface area contributed by atoms with Gasteiger partial charge in [0, 0.05) is 5.56 Å². The zero-order chi connectivity index (χ0) is 6.97. The Labute approximate surface area is 78.8 Å². The van der Waals surface area contributed by atoms with Gasteiger partial charge in [-0.1, -0.05) is 30.3 Å². The number of ketones is 1. The van der Waals surface area contributed by atoms with E-state index in [0.717, 1.165) is 11.1 Å². The van der Waals surface area contributed by atoms with Gasteiger partial charge in [-0.3, -0.25) is 4.79 Å². The molecule has 0 saturated carbocycles. The van der Waals surface area contributed by atoms with Gasteiger partial charge in [0.1, 0.15) is 0 Å². The standard InChI is InChI=1S/C9H6O.Li.H/c10-9-6-5-7-3-1-2-4-8(7)9;;/h1-6H;;/q;+1;-1. The molecule has 1 aliphatic carbocycles. The molecule has 2 rings (SSSR count). The van der Waals surface area contributed by atoms with Gasteiger partial charge in [0.05, 0.1) is 0 Å². The molecule has 2 heteroatoms. The van der Waals surface area contributed by atoms with E-state index in [2.05, 4.69) is 0 Å². The maximum Gasteiger partial charge on any atom is 1.00 e. The molecule has 0 aromatic heterocycles. The molecule has 0 heterocycles. The number of allylic oxidation sites excluding steroid dienone is 1. The van der Waals surface area contributed by atoms with E-state index in [-0.39, 0.29) is 26.1 Å². The van der Waals surface area contributed by atoms with Crippen LogP contribution in [-0.2, 0) is 0 Å². The van der Waals surface area contributed by atoms with Crippen molar-refractivity contribution in [2.75, 3.05) is 0 Å². The van der Waals surface area contributed by atoms with Crippen LogP contribution in [0, 0.1) is 0 Å². The average molecular weight is 138 g/mol. The minimum Gasteiger partial charge on any atom is -1.00 e. The summed E-state index contributed by atoms with van der Waals surface area (Å²) in [5, 5.41) is 0. The van der Waals surface area contributed by atoms with Gasteiger partial charge < -0.3 is 1.43 Å². The number of carbonyl (C=O) groups excluding carboxylic acids is 1. The SMILES string of the molecule is O=C1C=Cc2ccccc21.[H-].[Li+]. The molecule has 0 fully saturated rings. The first-order valence-electron chi connectivity index (χ1n) is 3.19. The van der Waals surface area contributed by atoms with Crippen LogP contribution in [0.15, 0.2) is 30.3 Å². The first-order chi connectivity index (χ1) is 4.88. The second-order valence-corrected chi connectivity index (χ2v) is 2.28. The maximum absolute atomic E-state index is 11.0. The third-order valence-corrected chi connectivity index (χ3v) is 1.64. The van der Waals surface area contributed by atoms with Crippen molar-refractivity contribution in [1.82, 2.24) is 0 Å². The van der Waals surface area contributed by atoms with Crippen LogP contribution in [0.3, 0.4) is 0 Å². The minimum absolute atomic E-state index is 0. The Hall–Kier alpha value is -0.773. The fourth-order valence-electron chi connectivity index (χ4n) is 1.12. The Balaban J connectivity index is 0.000000605. The van der Waals surface area contributed by atoms with Crippen molar-refractivity contribution in [2.24, 2.45) is 0 Å². The van der Waals surface area contributed by atoms with Crippen molar-refractivity contribution >= 4 is 11.9 Å². The number of rotatable bonds is 0. The van der Waals surface area contributed by atoms with Gasteiger partial charge in [0.25, 0.3) is 0 Å². The molecule has 50 valence electrons. The molecule has 1 aromatic carbocycles. The van der Waals surface area contributed by atoms with Crippen molar-refractivity contribution in [3.63, 3.8) is 0 Å². The van der Waals surface area contributed by atoms with E-state index in [4.69, 9.17) is 0 Å². The summed E-state index contributed by atoms with van der Waals surface area (Å²) in [6, 6.07) is 7.60. The fraction of sp³-hybridized carbons (Fsp3) is 0. The predicted molar refractivity (Wildman–Crippen MR) is 40.9 cm³/mol. The Bertz CT molecular complexity index is 320. The molecule has 0 N–H and O–H groups in total. The molecule has 0 amide bonds. The van der Waals surface area contributed by atoms with Crippen LogP contribution in [0.5, 0.6) is 0 Å². The van der Waals surface area contributed by atoms with Gasteiger partial charge >= 0.3 is 18.9 Å². The molecule has 0 atom stereocenters. The molecule has 1 aromatic rings. The maximum atomic E-state index is 11.0. The van der Waals surface area contributed by atoms with Crippen LogP contribution in [0.1, 0.15) is 17.3 Å². The average Bonchev–Trinajstić information content (AvgIpc) is 2.34. The summed E-state index contributed by atoms with van der Waals surface area (Å²) in [5.41, 5.74) is 1.86. The van der Waals surface area contributed by atoms with Crippen molar-refractivity contribution in [3.05, 3.63) is 41.5 Å². The summed E-state index contributed by atoms with van der Waals surface area (Å²) in [5.74, 6) is 0.121. The second-order valence-electron chi connectivity index (χ2n) is 2.28. The van der Waals surface area contributed by atoms with E-state index in [1.165, 1.54) is 0 Å². The molecule has 0 radical (unpaired) electrons. The second kappa shape index (κ2) is 3.09. The third kappa shape index (κ3) is 1.30. The zero-order valence-corrected chi connectivity index (χ0v) is 6.37. The zero-order valence-electron chi connectivity index (χ0n) is 7.37. The molecular formula is C9H7LiO. The van der Waals surface area contributed by atoms with Crippen LogP contribution < -0.4 is 18.9 Å². The summed E-state index contributed by atoms with van der Waals surface area (Å²) < 4.78 is 0. The topological polar surface area (TPSA) is 17.1 Å². The quantitative estimate of drug-likeness (QED) is 0.421. The smallest absolute Gasteiger partial charge is 1.00 e. The Morgan fingerprint density at radius 1 is 1.09 bits per heavy atom. The van der Waals surface area contributed by atoms with Crippen molar-refractivity contribution < 1.29 is 25.1 Å². The number of fused-ring (bicyclic) bond motifs is 1. The molecule has 0 saturated heterocycles. The van der Waals surface area contributed by atoms with Crippen molar-refractivity contribution in [2.45, 2.75) is 0 Å². The van der Waals surface area contributed by atoms with Crippen LogP contribution in [0.25, 0.3) is 6.08 Å². The number of benzene rings is 1. The van der Waals surface area contributed by atoms with Gasteiger partial charge in [0.2, 0.25) is 0 Å². The molecule has 1 nitrogen and oxygen atoms in total. The van der Waals surface area contributed by atoms with E-state index in [0.29, 0.717) is 0 Å². The first kappa shape index (κ1) is 8.33. The van der Waals surface area contributed by atoms with Crippen molar-refractivity contribution in [1.29, 1.82) is 0 Å². The number of hydrogen-bond donors (Lipinski definition) is 0. The summed E-state index contributed by atoms with van der Waals surface area (Å²) in [4.78, 5) is 11.0. The number of hydrogen-bond acceptors (Lipinski definition) is 1. The van der Waals surface area contributed by atoms with E-state index >= 15 is 0 Å². The van der Waals surface area contributed by atoms with Crippen LogP contribution >= 0.6 is 0 Å². The molecule has 0 spiro atoms. The summed E-state index contributed by atoms with van der Waals surface area (Å²) >= 11 is 0. The predicted octanol–water partition coefficient (Wildman–Crippen LogP) is -0.987.